The molecule has 0 bridgehead atoms. The zero-order chi connectivity index (χ0) is 20.1. The molecule has 0 fully saturated rings. The van der Waals surface area contributed by atoms with Crippen LogP contribution in [0.5, 0.6) is 0 Å². The summed E-state index contributed by atoms with van der Waals surface area (Å²) in [5.74, 6) is 0.911. The van der Waals surface area contributed by atoms with Gasteiger partial charge in [0.05, 0.1) is 17.9 Å². The lowest BCUT2D eigenvalue weighted by Crippen LogP contribution is -2.26. The summed E-state index contributed by atoms with van der Waals surface area (Å²) in [7, 11) is 0. The van der Waals surface area contributed by atoms with Crippen molar-refractivity contribution in [2.45, 2.75) is 52.5 Å². The third kappa shape index (κ3) is 4.62. The highest BCUT2D eigenvalue weighted by molar-refractivity contribution is 5.76. The molecule has 0 spiro atoms. The van der Waals surface area contributed by atoms with E-state index in [2.05, 4.69) is 20.6 Å². The summed E-state index contributed by atoms with van der Waals surface area (Å²) in [6, 6.07) is 5.95. The molecule has 1 N–H and O–H groups in total. The Hall–Kier alpha value is -3.03. The first-order chi connectivity index (χ1) is 13.5. The zero-order valence-electron chi connectivity index (χ0n) is 16.3. The smallest absolute Gasteiger partial charge is 0.226 e. The number of benzene rings is 1. The molecule has 28 heavy (non-hydrogen) atoms. The maximum Gasteiger partial charge on any atom is 0.226 e. The van der Waals surface area contributed by atoms with E-state index in [0.717, 1.165) is 23.4 Å². The van der Waals surface area contributed by atoms with Gasteiger partial charge in [-0.15, -0.1) is 0 Å². The molecule has 1 amide bonds. The van der Waals surface area contributed by atoms with Crippen LogP contribution < -0.4 is 5.32 Å². The van der Waals surface area contributed by atoms with Crippen molar-refractivity contribution in [3.8, 4) is 5.69 Å². The summed E-state index contributed by atoms with van der Waals surface area (Å²) in [6.07, 6.45) is 4.05. The SMILES string of the molecule is CCc1noc(CCCC(=O)NC(C)c2cnn(-c3ccc(F)cc3)c2C)n1. The van der Waals surface area contributed by atoms with Crippen molar-refractivity contribution in [1.82, 2.24) is 25.2 Å². The van der Waals surface area contributed by atoms with Gasteiger partial charge in [-0.2, -0.15) is 10.1 Å². The molecular weight excluding hydrogens is 361 g/mol. The Labute approximate surface area is 162 Å². The Kier molecular flexibility index (Phi) is 6.18. The van der Waals surface area contributed by atoms with E-state index in [0.29, 0.717) is 31.0 Å². The van der Waals surface area contributed by atoms with Gasteiger partial charge in [0.1, 0.15) is 5.82 Å². The zero-order valence-corrected chi connectivity index (χ0v) is 16.3. The molecule has 0 aliphatic carbocycles. The summed E-state index contributed by atoms with van der Waals surface area (Å²) in [5, 5.41) is 11.2. The van der Waals surface area contributed by atoms with Gasteiger partial charge in [-0.25, -0.2) is 9.07 Å². The second kappa shape index (κ2) is 8.77. The number of nitrogens with one attached hydrogen (secondary N) is 1. The molecule has 3 aromatic rings. The first kappa shape index (κ1) is 19.7. The van der Waals surface area contributed by atoms with Gasteiger partial charge in [0.25, 0.3) is 0 Å². The van der Waals surface area contributed by atoms with Crippen LogP contribution in [-0.4, -0.2) is 25.8 Å². The third-order valence-corrected chi connectivity index (χ3v) is 4.58. The van der Waals surface area contributed by atoms with E-state index in [1.54, 1.807) is 23.0 Å². The number of carbonyl (C=O) groups excluding carboxylic acids is 1. The molecule has 0 aliphatic rings. The Balaban J connectivity index is 1.54. The summed E-state index contributed by atoms with van der Waals surface area (Å²) < 4.78 is 20.0. The summed E-state index contributed by atoms with van der Waals surface area (Å²) in [6.45, 7) is 5.81. The predicted octanol–water partition coefficient (Wildman–Crippen LogP) is 3.47. The number of carbonyl (C=O) groups is 1. The number of hydrogen-bond acceptors (Lipinski definition) is 5. The van der Waals surface area contributed by atoms with Gasteiger partial charge in [0.2, 0.25) is 11.8 Å². The topological polar surface area (TPSA) is 85.8 Å². The van der Waals surface area contributed by atoms with Crippen molar-refractivity contribution in [2.24, 2.45) is 0 Å². The molecule has 1 aromatic carbocycles. The third-order valence-electron chi connectivity index (χ3n) is 4.58. The highest BCUT2D eigenvalue weighted by Gasteiger charge is 2.16. The molecule has 7 nitrogen and oxygen atoms in total. The molecule has 2 aromatic heterocycles. The van der Waals surface area contributed by atoms with Crippen molar-refractivity contribution in [3.05, 3.63) is 59.3 Å². The van der Waals surface area contributed by atoms with E-state index in [1.807, 2.05) is 20.8 Å². The second-order valence-electron chi connectivity index (χ2n) is 6.67. The first-order valence-corrected chi connectivity index (χ1v) is 9.39. The number of aryl methyl sites for hydroxylation is 2. The van der Waals surface area contributed by atoms with Crippen LogP contribution in [0.1, 0.15) is 55.7 Å². The quantitative estimate of drug-likeness (QED) is 0.642. The fourth-order valence-electron chi connectivity index (χ4n) is 3.02. The Bertz CT molecular complexity index is 932. The molecule has 3 rings (SSSR count). The maximum absolute atomic E-state index is 13.1. The molecule has 1 unspecified atom stereocenters. The number of nitrogens with zero attached hydrogens (tertiary/aromatic N) is 4. The lowest BCUT2D eigenvalue weighted by Gasteiger charge is -2.14. The molecule has 0 aliphatic heterocycles. The van der Waals surface area contributed by atoms with Gasteiger partial charge < -0.3 is 9.84 Å². The van der Waals surface area contributed by atoms with E-state index in [4.69, 9.17) is 4.52 Å². The van der Waals surface area contributed by atoms with Crippen molar-refractivity contribution < 1.29 is 13.7 Å². The number of rotatable bonds is 8. The van der Waals surface area contributed by atoms with Crippen LogP contribution in [0.15, 0.2) is 35.0 Å². The number of amides is 1. The minimum absolute atomic E-state index is 0.0448. The average molecular weight is 385 g/mol. The molecule has 148 valence electrons. The van der Waals surface area contributed by atoms with Gasteiger partial charge in [-0.3, -0.25) is 4.79 Å². The van der Waals surface area contributed by atoms with E-state index in [1.165, 1.54) is 12.1 Å². The van der Waals surface area contributed by atoms with Gasteiger partial charge in [0.15, 0.2) is 5.82 Å². The largest absolute Gasteiger partial charge is 0.349 e. The van der Waals surface area contributed by atoms with Crippen molar-refractivity contribution in [1.29, 1.82) is 0 Å². The molecule has 0 saturated heterocycles. The standard InChI is InChI=1S/C20H24FN5O2/c1-4-18-24-20(28-25-18)7-5-6-19(27)23-13(2)17-12-22-26(14(17)3)16-10-8-15(21)9-11-16/h8-13H,4-7H2,1-3H3,(H,23,27). The second-order valence-corrected chi connectivity index (χ2v) is 6.67. The monoisotopic (exact) mass is 385 g/mol. The molecule has 2 heterocycles. The van der Waals surface area contributed by atoms with Crippen molar-refractivity contribution in [2.75, 3.05) is 0 Å². The molecule has 0 saturated carbocycles. The minimum Gasteiger partial charge on any atom is -0.349 e. The van der Waals surface area contributed by atoms with Crippen LogP contribution in [0, 0.1) is 12.7 Å². The average Bonchev–Trinajstić information content (AvgIpc) is 3.29. The fourth-order valence-corrected chi connectivity index (χ4v) is 3.02. The van der Waals surface area contributed by atoms with Gasteiger partial charge in [-0.1, -0.05) is 12.1 Å². The van der Waals surface area contributed by atoms with Crippen molar-refractivity contribution >= 4 is 5.91 Å². The van der Waals surface area contributed by atoms with Gasteiger partial charge >= 0.3 is 0 Å². The Morgan fingerprint density at radius 3 is 2.75 bits per heavy atom. The van der Waals surface area contributed by atoms with Crippen LogP contribution in [0.25, 0.3) is 5.69 Å². The summed E-state index contributed by atoms with van der Waals surface area (Å²) >= 11 is 0. The molecule has 1 atom stereocenters. The van der Waals surface area contributed by atoms with Crippen LogP contribution in [0.4, 0.5) is 4.39 Å². The van der Waals surface area contributed by atoms with Crippen LogP contribution in [0.2, 0.25) is 0 Å². The number of halogens is 1. The normalized spacial score (nSPS) is 12.1. The number of aromatic nitrogens is 4. The lowest BCUT2D eigenvalue weighted by molar-refractivity contribution is -0.121. The van der Waals surface area contributed by atoms with Crippen LogP contribution in [-0.2, 0) is 17.6 Å². The lowest BCUT2D eigenvalue weighted by atomic mass is 10.1. The molecule has 0 radical (unpaired) electrons. The van der Waals surface area contributed by atoms with E-state index in [9.17, 15) is 9.18 Å². The van der Waals surface area contributed by atoms with Gasteiger partial charge in [0, 0.05) is 30.5 Å². The highest BCUT2D eigenvalue weighted by atomic mass is 19.1. The van der Waals surface area contributed by atoms with Crippen LogP contribution in [0.3, 0.4) is 0 Å². The van der Waals surface area contributed by atoms with Gasteiger partial charge in [-0.05, 0) is 44.5 Å². The van der Waals surface area contributed by atoms with E-state index < -0.39 is 0 Å². The Morgan fingerprint density at radius 1 is 1.32 bits per heavy atom. The highest BCUT2D eigenvalue weighted by Crippen LogP contribution is 2.20. The van der Waals surface area contributed by atoms with E-state index >= 15 is 0 Å². The minimum atomic E-state index is -0.291. The maximum atomic E-state index is 13.1. The summed E-state index contributed by atoms with van der Waals surface area (Å²) in [5.41, 5.74) is 2.59. The van der Waals surface area contributed by atoms with Crippen LogP contribution >= 0.6 is 0 Å². The fraction of sp³-hybridized carbons (Fsp3) is 0.400. The first-order valence-electron chi connectivity index (χ1n) is 9.39. The predicted molar refractivity (Wildman–Crippen MR) is 101 cm³/mol. The van der Waals surface area contributed by atoms with Crippen molar-refractivity contribution in [3.63, 3.8) is 0 Å². The number of hydrogen-bond donors (Lipinski definition) is 1. The molecule has 8 heteroatoms. The summed E-state index contributed by atoms with van der Waals surface area (Å²) in [4.78, 5) is 16.5. The Morgan fingerprint density at radius 2 is 2.07 bits per heavy atom. The molecular formula is C20H24FN5O2. The van der Waals surface area contributed by atoms with E-state index in [-0.39, 0.29) is 17.8 Å².